The molecule has 7 unspecified atom stereocenters. The fraction of sp³-hybridized carbons (Fsp3) is 0.364. The predicted molar refractivity (Wildman–Crippen MR) is 167 cm³/mol. The van der Waals surface area contributed by atoms with E-state index in [2.05, 4.69) is 11.4 Å². The zero-order valence-corrected chi connectivity index (χ0v) is 26.3. The Morgan fingerprint density at radius 1 is 1.16 bits per heavy atom. The average molecular weight is 654 g/mol. The molecular formula is C33H32Cl2N3O5S-. The molecule has 1 aliphatic carbocycles. The molecule has 1 aliphatic heterocycles. The number of halogens is 2. The quantitative estimate of drug-likeness (QED) is 0.238. The van der Waals surface area contributed by atoms with E-state index in [1.165, 1.54) is 4.31 Å². The molecule has 11 heteroatoms. The first-order valence-electron chi connectivity index (χ1n) is 14.4. The normalized spacial score (nSPS) is 26.0. The van der Waals surface area contributed by atoms with Crippen LogP contribution in [0.25, 0.3) is 0 Å². The fourth-order valence-corrected chi connectivity index (χ4v) is 7.71. The number of nitrogens with one attached hydrogen (secondary N) is 1. The molecule has 1 heterocycles. The van der Waals surface area contributed by atoms with Crippen molar-refractivity contribution in [3.63, 3.8) is 0 Å². The maximum Gasteiger partial charge on any atom is 0.304 e. The van der Waals surface area contributed by atoms with Crippen LogP contribution in [0.2, 0.25) is 10.0 Å². The second kappa shape index (κ2) is 13.4. The molecule has 2 fully saturated rings. The van der Waals surface area contributed by atoms with Crippen LogP contribution in [0.1, 0.15) is 66.7 Å². The molecule has 8 nitrogen and oxygen atoms in total. The number of amides is 1. The molecule has 0 spiro atoms. The van der Waals surface area contributed by atoms with E-state index >= 15 is 0 Å². The number of aliphatic carboxylic acids is 1. The van der Waals surface area contributed by atoms with Gasteiger partial charge in [0.2, 0.25) is 5.91 Å². The van der Waals surface area contributed by atoms with Crippen molar-refractivity contribution in [1.29, 1.82) is 5.26 Å². The SMILES string of the molecule is CC1(CC(=O)O)CC(c2cccc(Cl)c2)C(CC(c2ccc(Cl)cc2)C2CC2N(Cc2cccc(C#N)c2)S(=O)[O-])NC1=O. The molecule has 2 N–H and O–H groups in total. The first kappa shape index (κ1) is 32.1. The lowest BCUT2D eigenvalue weighted by Crippen LogP contribution is -2.54. The Morgan fingerprint density at radius 2 is 1.89 bits per heavy atom. The van der Waals surface area contributed by atoms with Crippen LogP contribution in [-0.2, 0) is 27.4 Å². The maximum absolute atomic E-state index is 13.4. The highest BCUT2D eigenvalue weighted by molar-refractivity contribution is 7.76. The van der Waals surface area contributed by atoms with E-state index in [4.69, 9.17) is 23.2 Å². The molecule has 2 aliphatic rings. The minimum atomic E-state index is -2.51. The van der Waals surface area contributed by atoms with Crippen LogP contribution in [0.5, 0.6) is 0 Å². The smallest absolute Gasteiger partial charge is 0.304 e. The highest BCUT2D eigenvalue weighted by Gasteiger charge is 2.51. The van der Waals surface area contributed by atoms with Gasteiger partial charge in [0.05, 0.1) is 23.5 Å². The van der Waals surface area contributed by atoms with Gasteiger partial charge in [-0.3, -0.25) is 13.8 Å². The van der Waals surface area contributed by atoms with Crippen LogP contribution in [0.3, 0.4) is 0 Å². The van der Waals surface area contributed by atoms with E-state index < -0.39 is 22.7 Å². The summed E-state index contributed by atoms with van der Waals surface area (Å²) in [5.74, 6) is -1.76. The van der Waals surface area contributed by atoms with E-state index in [0.29, 0.717) is 34.9 Å². The molecule has 1 saturated heterocycles. The number of carbonyl (C=O) groups is 2. The molecule has 3 aromatic rings. The highest BCUT2D eigenvalue weighted by Crippen LogP contribution is 2.51. The largest absolute Gasteiger partial charge is 0.760 e. The van der Waals surface area contributed by atoms with Gasteiger partial charge < -0.3 is 15.0 Å². The lowest BCUT2D eigenvalue weighted by atomic mass is 9.68. The third-order valence-electron chi connectivity index (χ3n) is 8.92. The van der Waals surface area contributed by atoms with Gasteiger partial charge in [-0.05, 0) is 84.2 Å². The number of benzene rings is 3. The molecule has 5 rings (SSSR count). The zero-order valence-electron chi connectivity index (χ0n) is 24.0. The number of hydrogen-bond donors (Lipinski definition) is 2. The summed E-state index contributed by atoms with van der Waals surface area (Å²) in [7, 11) is 0. The van der Waals surface area contributed by atoms with Gasteiger partial charge in [0, 0.05) is 45.9 Å². The van der Waals surface area contributed by atoms with Crippen molar-refractivity contribution in [3.05, 3.63) is 105 Å². The summed E-state index contributed by atoms with van der Waals surface area (Å²) in [4.78, 5) is 25.2. The van der Waals surface area contributed by atoms with Crippen molar-refractivity contribution in [2.45, 2.75) is 63.1 Å². The van der Waals surface area contributed by atoms with Gasteiger partial charge in [0.25, 0.3) is 0 Å². The summed E-state index contributed by atoms with van der Waals surface area (Å²) in [5, 5.41) is 23.2. The Kier molecular flexibility index (Phi) is 9.78. The van der Waals surface area contributed by atoms with E-state index in [9.17, 15) is 28.7 Å². The lowest BCUT2D eigenvalue weighted by molar-refractivity contribution is -0.147. The summed E-state index contributed by atoms with van der Waals surface area (Å²) in [6.45, 7) is 1.82. The molecule has 1 amide bonds. The van der Waals surface area contributed by atoms with Gasteiger partial charge in [-0.15, -0.1) is 0 Å². The monoisotopic (exact) mass is 652 g/mol. The van der Waals surface area contributed by atoms with Crippen molar-refractivity contribution in [2.24, 2.45) is 11.3 Å². The second-order valence-corrected chi connectivity index (χ2v) is 13.8. The van der Waals surface area contributed by atoms with Crippen LogP contribution in [-0.4, -0.2) is 42.1 Å². The van der Waals surface area contributed by atoms with Crippen LogP contribution < -0.4 is 5.32 Å². The molecule has 1 saturated carbocycles. The molecule has 230 valence electrons. The Labute approximate surface area is 269 Å². The van der Waals surface area contributed by atoms with Gasteiger partial charge in [-0.1, -0.05) is 66.5 Å². The van der Waals surface area contributed by atoms with Crippen molar-refractivity contribution >= 4 is 46.3 Å². The standard InChI is InChI=1S/C33H33Cl2N3O5S/c1-33(17-31(39)40)16-28(23-6-3-7-25(35)13-23)29(37-32(33)41)14-26(22-8-10-24(34)11-9-22)27-15-30(27)38(44(42)43)19-21-5-2-4-20(12-21)18-36/h2-13,26-30H,14-17,19H2,1H3,(H,37,41)(H,39,40)(H,42,43)/p-1. The van der Waals surface area contributed by atoms with Gasteiger partial charge in [-0.25, -0.2) is 4.31 Å². The first-order chi connectivity index (χ1) is 21.0. The Hall–Kier alpha value is -3.26. The van der Waals surface area contributed by atoms with Crippen LogP contribution in [0.4, 0.5) is 0 Å². The van der Waals surface area contributed by atoms with Gasteiger partial charge in [0.15, 0.2) is 0 Å². The Bertz CT molecular complexity index is 1610. The van der Waals surface area contributed by atoms with Crippen molar-refractivity contribution in [1.82, 2.24) is 9.62 Å². The molecular weight excluding hydrogens is 621 g/mol. The molecule has 0 aromatic heterocycles. The van der Waals surface area contributed by atoms with Crippen LogP contribution >= 0.6 is 23.2 Å². The first-order valence-corrected chi connectivity index (χ1v) is 16.1. The lowest BCUT2D eigenvalue weighted by Gasteiger charge is -2.43. The maximum atomic E-state index is 13.4. The molecule has 7 atom stereocenters. The second-order valence-electron chi connectivity index (χ2n) is 12.0. The van der Waals surface area contributed by atoms with Crippen LogP contribution in [0, 0.1) is 22.7 Å². The van der Waals surface area contributed by atoms with Gasteiger partial charge >= 0.3 is 5.97 Å². The van der Waals surface area contributed by atoms with E-state index in [1.807, 2.05) is 30.3 Å². The van der Waals surface area contributed by atoms with Crippen LogP contribution in [0.15, 0.2) is 72.8 Å². The van der Waals surface area contributed by atoms with E-state index in [-0.39, 0.29) is 48.7 Å². The number of hydrogen-bond acceptors (Lipinski definition) is 5. The third-order valence-corrected chi connectivity index (χ3v) is 10.2. The zero-order chi connectivity index (χ0) is 31.6. The van der Waals surface area contributed by atoms with Crippen molar-refractivity contribution in [3.8, 4) is 6.07 Å². The number of nitriles is 1. The summed E-state index contributed by atoms with van der Waals surface area (Å²) >= 11 is 10.1. The van der Waals surface area contributed by atoms with Crippen molar-refractivity contribution in [2.75, 3.05) is 0 Å². The number of carboxylic acids is 1. The Morgan fingerprint density at radius 3 is 2.55 bits per heavy atom. The summed E-state index contributed by atoms with van der Waals surface area (Å²) < 4.78 is 26.4. The minimum absolute atomic E-state index is 0.0440. The highest BCUT2D eigenvalue weighted by atomic mass is 35.5. The van der Waals surface area contributed by atoms with Crippen molar-refractivity contribution < 1.29 is 23.5 Å². The Balaban J connectivity index is 1.46. The third kappa shape index (κ3) is 7.33. The molecule has 44 heavy (non-hydrogen) atoms. The molecule has 0 bridgehead atoms. The number of carbonyl (C=O) groups excluding carboxylic acids is 1. The fourth-order valence-electron chi connectivity index (χ4n) is 6.67. The summed E-state index contributed by atoms with van der Waals surface area (Å²) in [6.07, 6.45) is 1.14. The van der Waals surface area contributed by atoms with Gasteiger partial charge in [-0.2, -0.15) is 5.26 Å². The number of nitrogens with zero attached hydrogens (tertiary/aromatic N) is 2. The minimum Gasteiger partial charge on any atom is -0.760 e. The number of carboxylic acid groups (broad SMARTS) is 1. The van der Waals surface area contributed by atoms with Gasteiger partial charge in [0.1, 0.15) is 0 Å². The molecule has 0 radical (unpaired) electrons. The topological polar surface area (TPSA) is 134 Å². The van der Waals surface area contributed by atoms with E-state index in [1.54, 1.807) is 49.4 Å². The average Bonchev–Trinajstić information content (AvgIpc) is 3.76. The van der Waals surface area contributed by atoms with E-state index in [0.717, 1.165) is 16.7 Å². The number of rotatable bonds is 11. The predicted octanol–water partition coefficient (Wildman–Crippen LogP) is 6.18. The summed E-state index contributed by atoms with van der Waals surface area (Å²) in [5.41, 5.74) is 1.95. The molecule has 3 aromatic carbocycles. The number of piperidine rings is 1. The summed E-state index contributed by atoms with van der Waals surface area (Å²) in [6, 6.07) is 23.2.